The van der Waals surface area contributed by atoms with Gasteiger partial charge in [0.1, 0.15) is 11.6 Å². The molecular weight excluding hydrogens is 248 g/mol. The van der Waals surface area contributed by atoms with Gasteiger partial charge >= 0.3 is 0 Å². The lowest BCUT2D eigenvalue weighted by molar-refractivity contribution is 0.447. The molecule has 0 aliphatic heterocycles. The lowest BCUT2D eigenvalue weighted by Gasteiger charge is -2.04. The molecule has 1 aromatic carbocycles. The first-order valence-electron chi connectivity index (χ1n) is 4.87. The Morgan fingerprint density at radius 3 is 1.94 bits per heavy atom. The van der Waals surface area contributed by atoms with Crippen LogP contribution in [0.5, 0.6) is 0 Å². The van der Waals surface area contributed by atoms with Crippen LogP contribution in [-0.4, -0.2) is 0 Å². The molecule has 1 unspecified atom stereocenters. The highest BCUT2D eigenvalue weighted by atomic mass is 19.2. The summed E-state index contributed by atoms with van der Waals surface area (Å²) >= 11 is 0. The maximum Gasteiger partial charge on any atom is 0.180 e. The van der Waals surface area contributed by atoms with E-state index in [1.807, 2.05) is 6.07 Å². The second-order valence-electron chi connectivity index (χ2n) is 3.76. The van der Waals surface area contributed by atoms with Crippen LogP contribution in [0.25, 0.3) is 6.08 Å². The highest BCUT2D eigenvalue weighted by Gasteiger charge is 2.32. The summed E-state index contributed by atoms with van der Waals surface area (Å²) in [6, 6.07) is 2.91. The zero-order chi connectivity index (χ0) is 13.4. The average Bonchev–Trinajstić information content (AvgIpc) is 3.11. The maximum absolute atomic E-state index is 13.4. The normalized spacial score (nSPS) is 19.4. The van der Waals surface area contributed by atoms with Crippen LogP contribution in [0.15, 0.2) is 5.57 Å². The Bertz CT molecular complexity index is 621. The van der Waals surface area contributed by atoms with Crippen LogP contribution in [0.4, 0.5) is 17.6 Å². The molecule has 2 rings (SSSR count). The molecule has 2 nitrogen and oxygen atoms in total. The zero-order valence-corrected chi connectivity index (χ0v) is 8.77. The van der Waals surface area contributed by atoms with E-state index in [4.69, 9.17) is 10.5 Å². The molecule has 1 aliphatic rings. The Kier molecular flexibility index (Phi) is 2.80. The van der Waals surface area contributed by atoms with Crippen molar-refractivity contribution in [3.8, 4) is 12.1 Å². The summed E-state index contributed by atoms with van der Waals surface area (Å²) in [4.78, 5) is 0. The van der Waals surface area contributed by atoms with Crippen molar-refractivity contribution < 1.29 is 17.6 Å². The van der Waals surface area contributed by atoms with Crippen molar-refractivity contribution in [2.24, 2.45) is 5.92 Å². The molecule has 1 atom stereocenters. The topological polar surface area (TPSA) is 47.6 Å². The van der Waals surface area contributed by atoms with Crippen molar-refractivity contribution in [3.63, 3.8) is 0 Å². The molecule has 0 radical (unpaired) electrons. The van der Waals surface area contributed by atoms with Gasteiger partial charge in [-0.1, -0.05) is 5.57 Å². The summed E-state index contributed by atoms with van der Waals surface area (Å²) in [6.07, 6.45) is 1.23. The SMILES string of the molecule is N#Cc1c(F)c(F)c(C=C2CC2C#N)c(F)c1F. The lowest BCUT2D eigenvalue weighted by Crippen LogP contribution is -2.03. The van der Waals surface area contributed by atoms with E-state index < -0.39 is 40.3 Å². The van der Waals surface area contributed by atoms with Crippen LogP contribution in [0.1, 0.15) is 17.5 Å². The number of rotatable bonds is 1. The molecule has 0 aromatic heterocycles. The molecule has 90 valence electrons. The van der Waals surface area contributed by atoms with Gasteiger partial charge in [-0.05, 0) is 12.5 Å². The molecule has 1 saturated carbocycles. The summed E-state index contributed by atoms with van der Waals surface area (Å²) in [6.45, 7) is 0. The number of hydrogen-bond donors (Lipinski definition) is 0. The third-order valence-electron chi connectivity index (χ3n) is 2.62. The maximum atomic E-state index is 13.4. The summed E-state index contributed by atoms with van der Waals surface area (Å²) in [5.74, 6) is -7.16. The summed E-state index contributed by atoms with van der Waals surface area (Å²) < 4.78 is 53.4. The Labute approximate surface area is 99.4 Å². The summed E-state index contributed by atoms with van der Waals surface area (Å²) in [5.41, 5.74) is -1.78. The van der Waals surface area contributed by atoms with Gasteiger partial charge in [0.2, 0.25) is 0 Å². The zero-order valence-electron chi connectivity index (χ0n) is 8.77. The third-order valence-corrected chi connectivity index (χ3v) is 2.62. The van der Waals surface area contributed by atoms with E-state index in [2.05, 4.69) is 0 Å². The summed E-state index contributed by atoms with van der Waals surface area (Å²) in [5, 5.41) is 16.9. The Morgan fingerprint density at radius 1 is 1.00 bits per heavy atom. The number of nitriles is 2. The molecule has 18 heavy (non-hydrogen) atoms. The van der Waals surface area contributed by atoms with Crippen LogP contribution >= 0.6 is 0 Å². The second kappa shape index (κ2) is 4.15. The van der Waals surface area contributed by atoms with Crippen molar-refractivity contribution in [1.82, 2.24) is 0 Å². The van der Waals surface area contributed by atoms with Gasteiger partial charge in [0.25, 0.3) is 0 Å². The highest BCUT2D eigenvalue weighted by molar-refractivity contribution is 5.61. The van der Waals surface area contributed by atoms with Gasteiger partial charge in [-0.3, -0.25) is 0 Å². The molecular formula is C12H4F4N2. The second-order valence-corrected chi connectivity index (χ2v) is 3.76. The molecule has 0 heterocycles. The van der Waals surface area contributed by atoms with Crippen molar-refractivity contribution in [2.45, 2.75) is 6.42 Å². The van der Waals surface area contributed by atoms with E-state index in [0.29, 0.717) is 12.0 Å². The standard InChI is InChI=1S/C12H4F4N2/c13-9-7(2-5-1-6(5)3-17)10(14)12(16)8(4-18)11(9)15/h2,6H,1H2. The van der Waals surface area contributed by atoms with E-state index >= 15 is 0 Å². The molecule has 0 saturated heterocycles. The predicted molar refractivity (Wildman–Crippen MR) is 52.7 cm³/mol. The van der Waals surface area contributed by atoms with Gasteiger partial charge in [0.15, 0.2) is 23.3 Å². The van der Waals surface area contributed by atoms with Crippen molar-refractivity contribution >= 4 is 6.08 Å². The first kappa shape index (κ1) is 12.1. The number of nitrogens with zero attached hydrogens (tertiary/aromatic N) is 2. The van der Waals surface area contributed by atoms with Crippen LogP contribution in [0.2, 0.25) is 0 Å². The monoisotopic (exact) mass is 252 g/mol. The van der Waals surface area contributed by atoms with Crippen LogP contribution < -0.4 is 0 Å². The van der Waals surface area contributed by atoms with E-state index in [0.717, 1.165) is 12.1 Å². The van der Waals surface area contributed by atoms with Crippen molar-refractivity contribution in [2.75, 3.05) is 0 Å². The first-order chi connectivity index (χ1) is 8.51. The van der Waals surface area contributed by atoms with Crippen LogP contribution in [0, 0.1) is 51.8 Å². The van der Waals surface area contributed by atoms with Crippen molar-refractivity contribution in [3.05, 3.63) is 40.0 Å². The van der Waals surface area contributed by atoms with Gasteiger partial charge in [0, 0.05) is 0 Å². The van der Waals surface area contributed by atoms with Gasteiger partial charge in [-0.2, -0.15) is 10.5 Å². The summed E-state index contributed by atoms with van der Waals surface area (Å²) in [7, 11) is 0. The van der Waals surface area contributed by atoms with E-state index in [1.54, 1.807) is 0 Å². The van der Waals surface area contributed by atoms with Gasteiger partial charge in [-0.15, -0.1) is 0 Å². The fourth-order valence-corrected chi connectivity index (χ4v) is 1.52. The van der Waals surface area contributed by atoms with Gasteiger partial charge < -0.3 is 0 Å². The predicted octanol–water partition coefficient (Wildman–Crippen LogP) is 3.04. The van der Waals surface area contributed by atoms with Gasteiger partial charge in [0.05, 0.1) is 17.6 Å². The van der Waals surface area contributed by atoms with Crippen molar-refractivity contribution in [1.29, 1.82) is 10.5 Å². The molecule has 1 fully saturated rings. The fraction of sp³-hybridized carbons (Fsp3) is 0.167. The Morgan fingerprint density at radius 2 is 1.56 bits per heavy atom. The van der Waals surface area contributed by atoms with E-state index in [9.17, 15) is 17.6 Å². The van der Waals surface area contributed by atoms with Crippen LogP contribution in [-0.2, 0) is 0 Å². The number of allylic oxidation sites excluding steroid dienone is 1. The molecule has 0 bridgehead atoms. The number of hydrogen-bond acceptors (Lipinski definition) is 2. The smallest absolute Gasteiger partial charge is 0.180 e. The molecule has 1 aliphatic carbocycles. The molecule has 0 amide bonds. The van der Waals surface area contributed by atoms with E-state index in [1.165, 1.54) is 0 Å². The number of benzene rings is 1. The molecule has 0 spiro atoms. The highest BCUT2D eigenvalue weighted by Crippen LogP contribution is 2.39. The minimum Gasteiger partial charge on any atom is -0.203 e. The lowest BCUT2D eigenvalue weighted by atomic mass is 10.1. The third kappa shape index (κ3) is 1.72. The Hall–Kier alpha value is -2.34. The fourth-order valence-electron chi connectivity index (χ4n) is 1.52. The largest absolute Gasteiger partial charge is 0.203 e. The minimum atomic E-state index is -1.72. The van der Waals surface area contributed by atoms with E-state index in [-0.39, 0.29) is 0 Å². The quantitative estimate of drug-likeness (QED) is 0.569. The van der Waals surface area contributed by atoms with Crippen LogP contribution in [0.3, 0.4) is 0 Å². The Balaban J connectivity index is 2.61. The molecule has 1 aromatic rings. The number of halogens is 4. The molecule has 0 N–H and O–H groups in total. The van der Waals surface area contributed by atoms with Gasteiger partial charge in [-0.25, -0.2) is 17.6 Å². The first-order valence-corrected chi connectivity index (χ1v) is 4.87. The average molecular weight is 252 g/mol. The minimum absolute atomic E-state index is 0.318. The molecule has 6 heteroatoms.